The van der Waals surface area contributed by atoms with Gasteiger partial charge in [0, 0.05) is 17.7 Å². The number of hydrogen-bond donors (Lipinski definition) is 2. The number of carbonyl (C=O) groups excluding carboxylic acids is 1. The van der Waals surface area contributed by atoms with Gasteiger partial charge in [-0.15, -0.1) is 0 Å². The first-order valence-electron chi connectivity index (χ1n) is 12.9. The van der Waals surface area contributed by atoms with Crippen LogP contribution < -0.4 is 10.1 Å². The molecule has 196 valence electrons. The van der Waals surface area contributed by atoms with E-state index in [9.17, 15) is 14.7 Å². The van der Waals surface area contributed by atoms with Crippen molar-refractivity contribution in [3.63, 3.8) is 0 Å². The maximum absolute atomic E-state index is 13.1. The normalized spacial score (nSPS) is 16.2. The van der Waals surface area contributed by atoms with Crippen molar-refractivity contribution < 1.29 is 19.4 Å². The van der Waals surface area contributed by atoms with E-state index in [-0.39, 0.29) is 17.6 Å². The molecule has 1 heterocycles. The van der Waals surface area contributed by atoms with E-state index in [1.807, 2.05) is 66.7 Å². The molecule has 0 amide bonds. The first-order chi connectivity index (χ1) is 18.2. The monoisotopic (exact) mass is 528 g/mol. The Morgan fingerprint density at radius 3 is 2.18 bits per heavy atom. The molecule has 0 saturated heterocycles. The SMILES string of the molecule is COc1ccc2nc(Nc3ccc(-c4ccc(C(=O)CC5(C(=O)O)CCC(C)(C)CC5)cc4)cc3)sc2c1. The molecule has 0 spiro atoms. The van der Waals surface area contributed by atoms with E-state index >= 15 is 0 Å². The summed E-state index contributed by atoms with van der Waals surface area (Å²) in [7, 11) is 1.65. The van der Waals surface area contributed by atoms with Crippen molar-refractivity contribution >= 4 is 44.1 Å². The third-order valence-electron chi connectivity index (χ3n) is 7.79. The Morgan fingerprint density at radius 1 is 0.947 bits per heavy atom. The van der Waals surface area contributed by atoms with E-state index in [1.165, 1.54) is 0 Å². The van der Waals surface area contributed by atoms with Gasteiger partial charge in [0.15, 0.2) is 10.9 Å². The summed E-state index contributed by atoms with van der Waals surface area (Å²) in [6, 6.07) is 21.4. The maximum atomic E-state index is 13.1. The van der Waals surface area contributed by atoms with Crippen LogP contribution in [0.15, 0.2) is 66.7 Å². The minimum Gasteiger partial charge on any atom is -0.497 e. The van der Waals surface area contributed by atoms with Gasteiger partial charge in [-0.1, -0.05) is 61.6 Å². The number of hydrogen-bond acceptors (Lipinski definition) is 6. The lowest BCUT2D eigenvalue weighted by molar-refractivity contribution is -0.152. The second-order valence-electron chi connectivity index (χ2n) is 11.0. The molecule has 1 saturated carbocycles. The molecule has 6 nitrogen and oxygen atoms in total. The fourth-order valence-corrected chi connectivity index (χ4v) is 6.00. The number of fused-ring (bicyclic) bond motifs is 1. The zero-order valence-electron chi connectivity index (χ0n) is 21.9. The number of carboxylic acid groups (broad SMARTS) is 1. The predicted octanol–water partition coefficient (Wildman–Crippen LogP) is 7.96. The van der Waals surface area contributed by atoms with E-state index < -0.39 is 11.4 Å². The third kappa shape index (κ3) is 5.43. The number of ether oxygens (including phenoxy) is 1. The van der Waals surface area contributed by atoms with E-state index in [4.69, 9.17) is 4.74 Å². The first-order valence-corrected chi connectivity index (χ1v) is 13.7. The largest absolute Gasteiger partial charge is 0.497 e. The van der Waals surface area contributed by atoms with Crippen LogP contribution in [0.2, 0.25) is 0 Å². The van der Waals surface area contributed by atoms with Gasteiger partial charge in [-0.25, -0.2) is 4.98 Å². The summed E-state index contributed by atoms with van der Waals surface area (Å²) >= 11 is 1.57. The van der Waals surface area contributed by atoms with Gasteiger partial charge >= 0.3 is 5.97 Å². The van der Waals surface area contributed by atoms with Crippen molar-refractivity contribution in [2.45, 2.75) is 46.0 Å². The molecule has 1 fully saturated rings. The molecule has 4 aromatic rings. The van der Waals surface area contributed by atoms with Gasteiger partial charge in [-0.05, 0) is 72.6 Å². The fraction of sp³-hybridized carbons (Fsp3) is 0.323. The van der Waals surface area contributed by atoms with Crippen molar-refractivity contribution in [3.8, 4) is 16.9 Å². The molecule has 3 aromatic carbocycles. The predicted molar refractivity (Wildman–Crippen MR) is 153 cm³/mol. The average Bonchev–Trinajstić information content (AvgIpc) is 3.31. The Hall–Kier alpha value is -3.71. The third-order valence-corrected chi connectivity index (χ3v) is 8.72. The smallest absolute Gasteiger partial charge is 0.310 e. The van der Waals surface area contributed by atoms with Crippen LogP contribution in [0, 0.1) is 10.8 Å². The number of carboxylic acids is 1. The number of carbonyl (C=O) groups is 2. The first kappa shape index (κ1) is 25.9. The Labute approximate surface area is 226 Å². The summed E-state index contributed by atoms with van der Waals surface area (Å²) in [6.07, 6.45) is 2.79. The fourth-order valence-electron chi connectivity index (χ4n) is 5.08. The Kier molecular flexibility index (Phi) is 6.97. The Balaban J connectivity index is 1.25. The van der Waals surface area contributed by atoms with Gasteiger partial charge in [0.1, 0.15) is 5.75 Å². The van der Waals surface area contributed by atoms with Crippen LogP contribution >= 0.6 is 11.3 Å². The number of nitrogens with one attached hydrogen (secondary N) is 1. The van der Waals surface area contributed by atoms with Crippen molar-refractivity contribution in [2.75, 3.05) is 12.4 Å². The van der Waals surface area contributed by atoms with Crippen LogP contribution in [0.4, 0.5) is 10.8 Å². The topological polar surface area (TPSA) is 88.5 Å². The second kappa shape index (κ2) is 10.2. The highest BCUT2D eigenvalue weighted by Gasteiger charge is 2.45. The number of thiazole rings is 1. The number of methoxy groups -OCH3 is 1. The van der Waals surface area contributed by atoms with Gasteiger partial charge in [0.2, 0.25) is 0 Å². The van der Waals surface area contributed by atoms with Crippen molar-refractivity contribution in [3.05, 3.63) is 72.3 Å². The van der Waals surface area contributed by atoms with E-state index in [2.05, 4.69) is 24.1 Å². The highest BCUT2D eigenvalue weighted by molar-refractivity contribution is 7.22. The van der Waals surface area contributed by atoms with Crippen LogP contribution in [-0.4, -0.2) is 29.0 Å². The van der Waals surface area contributed by atoms with Crippen LogP contribution in [0.25, 0.3) is 21.3 Å². The van der Waals surface area contributed by atoms with Gasteiger partial charge < -0.3 is 15.2 Å². The summed E-state index contributed by atoms with van der Waals surface area (Å²) in [5, 5.41) is 14.1. The molecule has 7 heteroatoms. The van der Waals surface area contributed by atoms with Crippen LogP contribution in [0.3, 0.4) is 0 Å². The molecule has 0 radical (unpaired) electrons. The molecular formula is C31H32N2O4S. The van der Waals surface area contributed by atoms with Gasteiger partial charge in [0.25, 0.3) is 0 Å². The molecule has 0 bridgehead atoms. The standard InChI is InChI=1S/C31H32N2O4S/c1-30(2)14-16-31(17-15-30,28(35)36)19-26(34)22-6-4-20(5-7-22)21-8-10-23(11-9-21)32-29-33-25-13-12-24(37-3)18-27(25)38-29/h4-13,18H,14-17,19H2,1-3H3,(H,32,33)(H,35,36). The summed E-state index contributed by atoms with van der Waals surface area (Å²) in [5.74, 6) is -0.145. The Morgan fingerprint density at radius 2 is 1.58 bits per heavy atom. The lowest BCUT2D eigenvalue weighted by Gasteiger charge is -2.40. The maximum Gasteiger partial charge on any atom is 0.310 e. The molecule has 0 atom stereocenters. The number of rotatable bonds is 8. The number of benzene rings is 3. The second-order valence-corrected chi connectivity index (χ2v) is 12.0. The number of ketones is 1. The zero-order valence-corrected chi connectivity index (χ0v) is 22.7. The van der Waals surface area contributed by atoms with Crippen LogP contribution in [-0.2, 0) is 4.79 Å². The lowest BCUT2D eigenvalue weighted by atomic mass is 9.63. The molecule has 0 unspecified atom stereocenters. The summed E-state index contributed by atoms with van der Waals surface area (Å²) in [6.45, 7) is 4.33. The number of nitrogens with zero attached hydrogens (tertiary/aromatic N) is 1. The minimum absolute atomic E-state index is 0.0523. The van der Waals surface area contributed by atoms with E-state index in [1.54, 1.807) is 18.4 Å². The molecule has 38 heavy (non-hydrogen) atoms. The molecule has 1 aliphatic carbocycles. The summed E-state index contributed by atoms with van der Waals surface area (Å²) in [4.78, 5) is 29.8. The molecule has 2 N–H and O–H groups in total. The van der Waals surface area contributed by atoms with E-state index in [0.29, 0.717) is 18.4 Å². The highest BCUT2D eigenvalue weighted by atomic mass is 32.1. The number of Topliss-reactive ketones (excluding diaryl/α,β-unsaturated/α-hetero) is 1. The number of aliphatic carboxylic acids is 1. The van der Waals surface area contributed by atoms with Crippen molar-refractivity contribution in [2.24, 2.45) is 10.8 Å². The molecule has 5 rings (SSSR count). The highest BCUT2D eigenvalue weighted by Crippen LogP contribution is 2.47. The summed E-state index contributed by atoms with van der Waals surface area (Å²) < 4.78 is 6.35. The minimum atomic E-state index is -0.955. The number of anilines is 2. The average molecular weight is 529 g/mol. The van der Waals surface area contributed by atoms with Gasteiger partial charge in [-0.2, -0.15) is 0 Å². The summed E-state index contributed by atoms with van der Waals surface area (Å²) in [5.41, 5.74) is 3.62. The van der Waals surface area contributed by atoms with Crippen molar-refractivity contribution in [1.29, 1.82) is 0 Å². The molecule has 1 aromatic heterocycles. The molecular weight excluding hydrogens is 496 g/mol. The number of aromatic nitrogens is 1. The molecule has 0 aliphatic heterocycles. The van der Waals surface area contributed by atoms with Gasteiger partial charge in [-0.3, -0.25) is 9.59 Å². The van der Waals surface area contributed by atoms with Crippen LogP contribution in [0.5, 0.6) is 5.75 Å². The Bertz CT molecular complexity index is 1460. The van der Waals surface area contributed by atoms with E-state index in [0.717, 1.165) is 50.8 Å². The zero-order chi connectivity index (χ0) is 26.9. The van der Waals surface area contributed by atoms with Crippen molar-refractivity contribution in [1.82, 2.24) is 4.98 Å². The molecule has 1 aliphatic rings. The quantitative estimate of drug-likeness (QED) is 0.226. The lowest BCUT2D eigenvalue weighted by Crippen LogP contribution is -2.39. The van der Waals surface area contributed by atoms with Gasteiger partial charge in [0.05, 0.1) is 22.7 Å². The van der Waals surface area contributed by atoms with Crippen LogP contribution in [0.1, 0.15) is 56.3 Å².